The molecule has 5 rings (SSSR count). The maximum absolute atomic E-state index is 5.58. The van der Waals surface area contributed by atoms with Gasteiger partial charge in [-0.1, -0.05) is 46.3 Å². The summed E-state index contributed by atoms with van der Waals surface area (Å²) in [6.45, 7) is 0. The van der Waals surface area contributed by atoms with Crippen LogP contribution >= 0.6 is 15.9 Å². The molecule has 1 aliphatic rings. The van der Waals surface area contributed by atoms with E-state index < -0.39 is 0 Å². The van der Waals surface area contributed by atoms with Gasteiger partial charge in [-0.2, -0.15) is 0 Å². The van der Waals surface area contributed by atoms with Gasteiger partial charge in [0.2, 0.25) is 5.95 Å². The van der Waals surface area contributed by atoms with E-state index in [1.54, 1.807) is 14.2 Å². The number of fused-ring (bicyclic) bond motifs is 3. The standard InChI is InChI=1S/C24H22BrN3O2/c1-29-22-12-9-16(13-23(22)30-2)21-14-19(15-7-10-17(25)11-8-15)27-24-26-18-5-3-4-6-20(18)28(21)24/h3-13,19,21H,14H2,1-2H3,(H,26,27). The average Bonchev–Trinajstić information content (AvgIpc) is 3.17. The molecule has 1 aliphatic heterocycles. The minimum Gasteiger partial charge on any atom is -0.493 e. The highest BCUT2D eigenvalue weighted by molar-refractivity contribution is 9.10. The maximum atomic E-state index is 5.58. The van der Waals surface area contributed by atoms with Crippen LogP contribution in [-0.4, -0.2) is 23.8 Å². The van der Waals surface area contributed by atoms with Gasteiger partial charge in [-0.25, -0.2) is 4.98 Å². The van der Waals surface area contributed by atoms with Gasteiger partial charge < -0.3 is 19.4 Å². The second-order valence-electron chi connectivity index (χ2n) is 7.41. The first-order valence-electron chi connectivity index (χ1n) is 9.89. The van der Waals surface area contributed by atoms with Crippen molar-refractivity contribution >= 4 is 32.9 Å². The number of nitrogens with one attached hydrogen (secondary N) is 1. The molecule has 1 aromatic heterocycles. The topological polar surface area (TPSA) is 48.3 Å². The molecule has 0 bridgehead atoms. The number of imidazole rings is 1. The zero-order valence-electron chi connectivity index (χ0n) is 16.8. The predicted molar refractivity (Wildman–Crippen MR) is 123 cm³/mol. The van der Waals surface area contributed by atoms with Gasteiger partial charge in [-0.3, -0.25) is 0 Å². The highest BCUT2D eigenvalue weighted by Gasteiger charge is 2.31. The normalized spacial score (nSPS) is 18.0. The summed E-state index contributed by atoms with van der Waals surface area (Å²) in [4.78, 5) is 4.89. The Balaban J connectivity index is 1.65. The lowest BCUT2D eigenvalue weighted by Gasteiger charge is -2.33. The van der Waals surface area contributed by atoms with Crippen molar-refractivity contribution in [3.8, 4) is 11.5 Å². The molecule has 0 radical (unpaired) electrons. The second-order valence-corrected chi connectivity index (χ2v) is 8.32. The molecule has 3 aromatic carbocycles. The smallest absolute Gasteiger partial charge is 0.204 e. The lowest BCUT2D eigenvalue weighted by molar-refractivity contribution is 0.353. The number of ether oxygens (including phenoxy) is 2. The highest BCUT2D eigenvalue weighted by atomic mass is 79.9. The van der Waals surface area contributed by atoms with Crippen LogP contribution < -0.4 is 14.8 Å². The van der Waals surface area contributed by atoms with Crippen LogP contribution in [0.25, 0.3) is 11.0 Å². The van der Waals surface area contributed by atoms with E-state index in [-0.39, 0.29) is 12.1 Å². The van der Waals surface area contributed by atoms with Gasteiger partial charge in [0.05, 0.1) is 37.3 Å². The Labute approximate surface area is 183 Å². The van der Waals surface area contributed by atoms with E-state index in [9.17, 15) is 0 Å². The molecule has 30 heavy (non-hydrogen) atoms. The molecule has 0 saturated heterocycles. The van der Waals surface area contributed by atoms with Crippen molar-refractivity contribution in [3.05, 3.63) is 82.3 Å². The lowest BCUT2D eigenvalue weighted by atomic mass is 9.92. The number of hydrogen-bond acceptors (Lipinski definition) is 4. The monoisotopic (exact) mass is 463 g/mol. The minimum atomic E-state index is 0.113. The van der Waals surface area contributed by atoms with E-state index in [1.807, 2.05) is 12.1 Å². The highest BCUT2D eigenvalue weighted by Crippen LogP contribution is 2.43. The summed E-state index contributed by atoms with van der Waals surface area (Å²) in [5, 5.41) is 3.65. The van der Waals surface area contributed by atoms with Crippen LogP contribution in [0.2, 0.25) is 0 Å². The van der Waals surface area contributed by atoms with Crippen LogP contribution in [-0.2, 0) is 0 Å². The van der Waals surface area contributed by atoms with Crippen LogP contribution in [0.5, 0.6) is 11.5 Å². The Hall–Kier alpha value is -2.99. The lowest BCUT2D eigenvalue weighted by Crippen LogP contribution is -2.27. The third-order valence-corrected chi connectivity index (χ3v) is 6.26. The number of halogens is 1. The molecular weight excluding hydrogens is 442 g/mol. The first-order valence-corrected chi connectivity index (χ1v) is 10.7. The Bertz CT molecular complexity index is 1200. The van der Waals surface area contributed by atoms with Crippen molar-refractivity contribution < 1.29 is 9.47 Å². The zero-order chi connectivity index (χ0) is 20.7. The van der Waals surface area contributed by atoms with Crippen LogP contribution in [0.4, 0.5) is 5.95 Å². The maximum Gasteiger partial charge on any atom is 0.204 e. The molecule has 0 aliphatic carbocycles. The predicted octanol–water partition coefficient (Wildman–Crippen LogP) is 5.96. The fourth-order valence-corrected chi connectivity index (χ4v) is 4.53. The van der Waals surface area contributed by atoms with E-state index in [4.69, 9.17) is 14.5 Å². The molecule has 2 unspecified atom stereocenters. The fourth-order valence-electron chi connectivity index (χ4n) is 4.26. The number of hydrogen-bond donors (Lipinski definition) is 1. The van der Waals surface area contributed by atoms with Gasteiger partial charge >= 0.3 is 0 Å². The molecule has 0 fully saturated rings. The number of para-hydroxylation sites is 2. The summed E-state index contributed by atoms with van der Waals surface area (Å²) < 4.78 is 14.4. The summed E-state index contributed by atoms with van der Waals surface area (Å²) in [6, 6.07) is 23.2. The minimum absolute atomic E-state index is 0.113. The molecular formula is C24H22BrN3O2. The fraction of sp³-hybridized carbons (Fsp3) is 0.208. The number of aromatic nitrogens is 2. The van der Waals surface area contributed by atoms with Gasteiger partial charge in [0.25, 0.3) is 0 Å². The van der Waals surface area contributed by atoms with E-state index in [0.717, 1.165) is 39.4 Å². The number of rotatable bonds is 4. The molecule has 0 spiro atoms. The van der Waals surface area contributed by atoms with Crippen molar-refractivity contribution in [2.24, 2.45) is 0 Å². The molecule has 1 N–H and O–H groups in total. The Kier molecular flexibility index (Phi) is 4.87. The van der Waals surface area contributed by atoms with E-state index >= 15 is 0 Å². The summed E-state index contributed by atoms with van der Waals surface area (Å²) in [7, 11) is 3.33. The summed E-state index contributed by atoms with van der Waals surface area (Å²) in [6.07, 6.45) is 0.893. The van der Waals surface area contributed by atoms with Crippen molar-refractivity contribution in [2.75, 3.05) is 19.5 Å². The van der Waals surface area contributed by atoms with Crippen molar-refractivity contribution in [1.29, 1.82) is 0 Å². The molecule has 152 valence electrons. The Morgan fingerprint density at radius 1 is 0.933 bits per heavy atom. The van der Waals surface area contributed by atoms with Crippen molar-refractivity contribution in [3.63, 3.8) is 0 Å². The van der Waals surface area contributed by atoms with Gasteiger partial charge in [-0.05, 0) is 53.9 Å². The average molecular weight is 464 g/mol. The van der Waals surface area contributed by atoms with Crippen LogP contribution in [0.3, 0.4) is 0 Å². The van der Waals surface area contributed by atoms with Crippen LogP contribution in [0.15, 0.2) is 71.2 Å². The van der Waals surface area contributed by atoms with Crippen LogP contribution in [0.1, 0.15) is 29.6 Å². The van der Waals surface area contributed by atoms with E-state index in [1.165, 1.54) is 11.1 Å². The summed E-state index contributed by atoms with van der Waals surface area (Å²) in [5.74, 6) is 2.35. The molecule has 0 amide bonds. The Morgan fingerprint density at radius 2 is 1.67 bits per heavy atom. The van der Waals surface area contributed by atoms with Crippen molar-refractivity contribution in [2.45, 2.75) is 18.5 Å². The van der Waals surface area contributed by atoms with Gasteiger partial charge in [0, 0.05) is 4.47 Å². The number of anilines is 1. The first kappa shape index (κ1) is 19.0. The molecule has 4 aromatic rings. The number of nitrogens with zero attached hydrogens (tertiary/aromatic N) is 2. The van der Waals surface area contributed by atoms with Gasteiger partial charge in [0.1, 0.15) is 0 Å². The summed E-state index contributed by atoms with van der Waals surface area (Å²) in [5.41, 5.74) is 4.51. The molecule has 5 nitrogen and oxygen atoms in total. The quantitative estimate of drug-likeness (QED) is 0.405. The SMILES string of the molecule is COc1ccc(C2CC(c3ccc(Br)cc3)Nc3nc4ccccc4n32)cc1OC. The van der Waals surface area contributed by atoms with Gasteiger partial charge in [0.15, 0.2) is 11.5 Å². The molecule has 0 saturated carbocycles. The third kappa shape index (κ3) is 3.21. The largest absolute Gasteiger partial charge is 0.493 e. The second kappa shape index (κ2) is 7.69. The zero-order valence-corrected chi connectivity index (χ0v) is 18.4. The first-order chi connectivity index (χ1) is 14.7. The molecule has 2 atom stereocenters. The van der Waals surface area contributed by atoms with Gasteiger partial charge in [-0.15, -0.1) is 0 Å². The van der Waals surface area contributed by atoms with Crippen molar-refractivity contribution in [1.82, 2.24) is 9.55 Å². The van der Waals surface area contributed by atoms with E-state index in [0.29, 0.717) is 0 Å². The Morgan fingerprint density at radius 3 is 2.43 bits per heavy atom. The molecule has 2 heterocycles. The third-order valence-electron chi connectivity index (χ3n) is 5.73. The van der Waals surface area contributed by atoms with E-state index in [2.05, 4.69) is 80.4 Å². The number of benzene rings is 3. The molecule has 6 heteroatoms. The summed E-state index contributed by atoms with van der Waals surface area (Å²) >= 11 is 3.53. The van der Waals surface area contributed by atoms with Crippen LogP contribution in [0, 0.1) is 0 Å². The number of methoxy groups -OCH3 is 2.